The average Bonchev–Trinajstić information content (AvgIpc) is 3.23. The molecule has 5 rings (SSSR count). The Kier molecular flexibility index (Phi) is 6.30. The normalized spacial score (nSPS) is 18.5. The van der Waals surface area contributed by atoms with Gasteiger partial charge in [0.05, 0.1) is 23.7 Å². The molecule has 194 valence electrons. The Bertz CT molecular complexity index is 1590. The molecule has 37 heavy (non-hydrogen) atoms. The monoisotopic (exact) mass is 525 g/mol. The first-order chi connectivity index (χ1) is 17.4. The number of hydrogen-bond donors (Lipinski definition) is 0. The third kappa shape index (κ3) is 4.72. The van der Waals surface area contributed by atoms with Crippen molar-refractivity contribution in [2.24, 2.45) is 13.0 Å². The molecular weight excluding hydrogens is 496 g/mol. The summed E-state index contributed by atoms with van der Waals surface area (Å²) < 4.78 is 55.4. The van der Waals surface area contributed by atoms with Gasteiger partial charge in [0.1, 0.15) is 5.82 Å². The summed E-state index contributed by atoms with van der Waals surface area (Å²) in [7, 11) is -1.68. The molecule has 0 saturated heterocycles. The Hall–Kier alpha value is -3.33. The van der Waals surface area contributed by atoms with Crippen LogP contribution >= 0.6 is 0 Å². The lowest BCUT2D eigenvalue weighted by Gasteiger charge is -2.33. The van der Waals surface area contributed by atoms with Gasteiger partial charge in [0.25, 0.3) is 5.56 Å². The average molecular weight is 526 g/mol. The highest BCUT2D eigenvalue weighted by molar-refractivity contribution is 7.89. The van der Waals surface area contributed by atoms with E-state index < -0.39 is 21.5 Å². The Morgan fingerprint density at radius 1 is 1.11 bits per heavy atom. The van der Waals surface area contributed by atoms with Crippen molar-refractivity contribution in [1.29, 1.82) is 0 Å². The maximum atomic E-state index is 15.3. The molecule has 2 unspecified atom stereocenters. The lowest BCUT2D eigenvalue weighted by molar-refractivity contribution is 0.561. The molecule has 0 radical (unpaired) electrons. The van der Waals surface area contributed by atoms with Gasteiger partial charge in [0, 0.05) is 48.7 Å². The predicted molar refractivity (Wildman–Crippen MR) is 141 cm³/mol. The van der Waals surface area contributed by atoms with Gasteiger partial charge in [-0.3, -0.25) is 4.79 Å². The summed E-state index contributed by atoms with van der Waals surface area (Å²) in [6, 6.07) is 5.84. The second-order valence-corrected chi connectivity index (χ2v) is 12.6. The minimum absolute atomic E-state index is 0.0184. The van der Waals surface area contributed by atoms with E-state index in [0.717, 1.165) is 29.0 Å². The molecule has 9 heteroatoms. The highest BCUT2D eigenvalue weighted by Crippen LogP contribution is 2.50. The molecule has 0 amide bonds. The number of nitrogens with zero attached hydrogens (tertiary/aromatic N) is 3. The number of pyridine rings is 2. The van der Waals surface area contributed by atoms with Crippen molar-refractivity contribution < 1.29 is 17.2 Å². The maximum Gasteiger partial charge on any atom is 0.250 e. The molecule has 6 nitrogen and oxygen atoms in total. The van der Waals surface area contributed by atoms with Gasteiger partial charge >= 0.3 is 0 Å². The molecule has 2 aliphatic rings. The molecule has 0 spiro atoms. The first-order valence-corrected chi connectivity index (χ1v) is 14.3. The zero-order chi connectivity index (χ0) is 26.6. The third-order valence-electron chi connectivity index (χ3n) is 7.02. The number of aryl methyl sites for hydroxylation is 1. The Morgan fingerprint density at radius 2 is 1.86 bits per heavy atom. The van der Waals surface area contributed by atoms with Gasteiger partial charge in [0.2, 0.25) is 0 Å². The second kappa shape index (κ2) is 9.20. The lowest BCUT2D eigenvalue weighted by atomic mass is 9.88. The van der Waals surface area contributed by atoms with Crippen LogP contribution in [0.5, 0.6) is 0 Å². The number of halogens is 2. The molecule has 1 aliphatic heterocycles. The molecular formula is C28H29F2N3O3S. The van der Waals surface area contributed by atoms with Crippen LogP contribution in [0.3, 0.4) is 0 Å². The number of rotatable bonds is 5. The van der Waals surface area contributed by atoms with Crippen LogP contribution in [0.15, 0.2) is 53.6 Å². The van der Waals surface area contributed by atoms with E-state index in [9.17, 15) is 17.6 Å². The molecule has 0 fully saturated rings. The van der Waals surface area contributed by atoms with E-state index in [0.29, 0.717) is 29.7 Å². The topological polar surface area (TPSA) is 72.3 Å². The van der Waals surface area contributed by atoms with E-state index in [4.69, 9.17) is 0 Å². The van der Waals surface area contributed by atoms with Crippen molar-refractivity contribution in [2.45, 2.75) is 44.4 Å². The van der Waals surface area contributed by atoms with Crippen molar-refractivity contribution in [2.75, 3.05) is 11.2 Å². The van der Waals surface area contributed by atoms with E-state index in [1.807, 2.05) is 24.3 Å². The van der Waals surface area contributed by atoms with Crippen LogP contribution in [-0.4, -0.2) is 30.3 Å². The van der Waals surface area contributed by atoms with Crippen LogP contribution in [0, 0.1) is 17.6 Å². The molecule has 0 saturated carbocycles. The van der Waals surface area contributed by atoms with E-state index in [1.165, 1.54) is 10.8 Å². The SMILES string of the molecule is CC(C)Cc1cc2c(cc1CS(C)(=O)=O)-c1cn(C)c(=O)cc1C1CC=CC1N2c1ncc(F)cc1F. The summed E-state index contributed by atoms with van der Waals surface area (Å²) in [6.45, 7) is 4.10. The van der Waals surface area contributed by atoms with Gasteiger partial charge in [-0.2, -0.15) is 0 Å². The number of anilines is 2. The van der Waals surface area contributed by atoms with Crippen molar-refractivity contribution in [3.63, 3.8) is 0 Å². The molecule has 1 aromatic carbocycles. The van der Waals surface area contributed by atoms with Crippen molar-refractivity contribution in [1.82, 2.24) is 9.55 Å². The first-order valence-electron chi connectivity index (χ1n) is 12.2. The van der Waals surface area contributed by atoms with E-state index in [-0.39, 0.29) is 35.0 Å². The van der Waals surface area contributed by atoms with Crippen molar-refractivity contribution in [3.05, 3.63) is 87.5 Å². The molecule has 2 aromatic heterocycles. The quantitative estimate of drug-likeness (QED) is 0.437. The molecule has 2 atom stereocenters. The summed E-state index contributed by atoms with van der Waals surface area (Å²) >= 11 is 0. The number of allylic oxidation sites excluding steroid dienone is 1. The van der Waals surface area contributed by atoms with Crippen LogP contribution < -0.4 is 10.5 Å². The van der Waals surface area contributed by atoms with E-state index in [1.54, 1.807) is 24.2 Å². The molecule has 3 aromatic rings. The first kappa shape index (κ1) is 25.3. The van der Waals surface area contributed by atoms with Crippen molar-refractivity contribution >= 4 is 21.3 Å². The summed E-state index contributed by atoms with van der Waals surface area (Å²) in [5.41, 5.74) is 4.27. The van der Waals surface area contributed by atoms with Crippen LogP contribution in [0.25, 0.3) is 11.1 Å². The number of hydrogen-bond acceptors (Lipinski definition) is 5. The fourth-order valence-electron chi connectivity index (χ4n) is 5.53. The predicted octanol–water partition coefficient (Wildman–Crippen LogP) is 5.03. The van der Waals surface area contributed by atoms with E-state index in [2.05, 4.69) is 18.8 Å². The minimum Gasteiger partial charge on any atom is -0.318 e. The summed E-state index contributed by atoms with van der Waals surface area (Å²) in [6.07, 6.45) is 9.18. The van der Waals surface area contributed by atoms with Gasteiger partial charge in [-0.1, -0.05) is 26.0 Å². The third-order valence-corrected chi connectivity index (χ3v) is 7.86. The number of benzene rings is 1. The van der Waals surface area contributed by atoms with Crippen LogP contribution in [0.1, 0.15) is 42.9 Å². The Labute approximate surface area is 215 Å². The largest absolute Gasteiger partial charge is 0.318 e. The van der Waals surface area contributed by atoms with Gasteiger partial charge in [0.15, 0.2) is 21.5 Å². The summed E-state index contributed by atoms with van der Waals surface area (Å²) in [5, 5.41) is 0. The number of sulfone groups is 1. The molecule has 1 aliphatic carbocycles. The lowest BCUT2D eigenvalue weighted by Crippen LogP contribution is -2.34. The number of aromatic nitrogens is 2. The summed E-state index contributed by atoms with van der Waals surface area (Å²) in [5.74, 6) is -1.66. The van der Waals surface area contributed by atoms with Gasteiger partial charge in [-0.05, 0) is 47.6 Å². The van der Waals surface area contributed by atoms with E-state index >= 15 is 4.39 Å². The van der Waals surface area contributed by atoms with Crippen LogP contribution in [0.2, 0.25) is 0 Å². The highest BCUT2D eigenvalue weighted by Gasteiger charge is 2.39. The second-order valence-electron chi connectivity index (χ2n) is 10.5. The van der Waals surface area contributed by atoms with Gasteiger partial charge < -0.3 is 9.47 Å². The smallest absolute Gasteiger partial charge is 0.250 e. The van der Waals surface area contributed by atoms with Gasteiger partial charge in [-0.25, -0.2) is 22.2 Å². The van der Waals surface area contributed by atoms with Crippen LogP contribution in [0.4, 0.5) is 20.3 Å². The highest BCUT2D eigenvalue weighted by atomic mass is 32.2. The van der Waals surface area contributed by atoms with Crippen LogP contribution in [-0.2, 0) is 29.1 Å². The standard InChI is InChI=1S/C28H29F2N3O3S/c1-16(2)8-17-10-26-22(9-18(17)15-37(4,35)36)23-14-32(3)27(34)12-21(23)20-6-5-7-25(20)33(26)28-24(30)11-19(29)13-31-28/h5,7,9-14,16,20,25H,6,8,15H2,1-4H3. The minimum atomic E-state index is -3.35. The zero-order valence-electron chi connectivity index (χ0n) is 21.2. The fraction of sp³-hybridized carbons (Fsp3) is 0.357. The Balaban J connectivity index is 1.88. The zero-order valence-corrected chi connectivity index (χ0v) is 22.0. The Morgan fingerprint density at radius 3 is 2.54 bits per heavy atom. The molecule has 0 N–H and O–H groups in total. The molecule has 0 bridgehead atoms. The summed E-state index contributed by atoms with van der Waals surface area (Å²) in [4.78, 5) is 18.6. The maximum absolute atomic E-state index is 15.3. The molecule has 3 heterocycles. The fourth-order valence-corrected chi connectivity index (χ4v) is 6.36. The van der Waals surface area contributed by atoms with Gasteiger partial charge in [-0.15, -0.1) is 0 Å². The number of fused-ring (bicyclic) bond motifs is 5. The van der Waals surface area contributed by atoms with Crippen molar-refractivity contribution in [3.8, 4) is 11.1 Å².